The number of amides is 3. The van der Waals surface area contributed by atoms with Gasteiger partial charge >= 0.3 is 12.2 Å². The van der Waals surface area contributed by atoms with Crippen LogP contribution in [0, 0.1) is 5.92 Å². The van der Waals surface area contributed by atoms with Crippen molar-refractivity contribution in [1.82, 2.24) is 15.1 Å². The van der Waals surface area contributed by atoms with E-state index < -0.39 is 5.60 Å². The van der Waals surface area contributed by atoms with Gasteiger partial charge in [0.25, 0.3) is 0 Å². The molecule has 1 saturated carbocycles. The highest BCUT2D eigenvalue weighted by Crippen LogP contribution is 2.36. The van der Waals surface area contributed by atoms with Crippen LogP contribution >= 0.6 is 11.3 Å². The van der Waals surface area contributed by atoms with Crippen LogP contribution in [0.4, 0.5) is 15.3 Å². The fourth-order valence-corrected chi connectivity index (χ4v) is 6.08. The molecule has 10 nitrogen and oxygen atoms in total. The lowest BCUT2D eigenvalue weighted by atomic mass is 9.95. The number of aryl methyl sites for hydroxylation is 1. The molecule has 1 aliphatic carbocycles. The van der Waals surface area contributed by atoms with Crippen LogP contribution in [0.15, 0.2) is 16.6 Å². The molecule has 0 aromatic carbocycles. The number of likely N-dealkylation sites (tertiary alicyclic amines) is 1. The van der Waals surface area contributed by atoms with Gasteiger partial charge in [0.1, 0.15) is 17.5 Å². The van der Waals surface area contributed by atoms with Crippen molar-refractivity contribution < 1.29 is 23.9 Å². The van der Waals surface area contributed by atoms with Gasteiger partial charge in [-0.15, -0.1) is 11.3 Å². The lowest BCUT2D eigenvalue weighted by Crippen LogP contribution is -2.51. The number of fused-ring (bicyclic) bond motifs is 1. The number of carbonyl (C=O) groups excluding carboxylic acids is 3. The maximum atomic E-state index is 13.6. The van der Waals surface area contributed by atoms with Crippen molar-refractivity contribution in [2.45, 2.75) is 90.8 Å². The number of hydrogen-bond donors (Lipinski definition) is 2. The van der Waals surface area contributed by atoms with E-state index in [2.05, 4.69) is 16.4 Å². The standard InChI is InChI=1S/C30H45N5O5S/c1-5-13-34(14-7-12-32-28(37)39-22-8-6-9-22)27(36)21-15-25-24(33-26(31)16-21)17-23(41-25)11-10-20-18-35(19-20)29(38)40-30(2,3)4/h15,17,20,22H,5-14,16,18-19H2,1-4H3,(H2,31,33)(H,32,37). The second-order valence-corrected chi connectivity index (χ2v) is 13.4. The molecule has 226 valence electrons. The molecule has 0 radical (unpaired) electrons. The SMILES string of the molecule is CCCN(CCCNC(=O)OC1CCC1)C(=O)C1=Cc2sc(CCC3CN(C(=O)OC(C)(C)C)C3)cc2N=C(N)C1. The first-order chi connectivity index (χ1) is 19.5. The summed E-state index contributed by atoms with van der Waals surface area (Å²) in [6.07, 6.45) is 8.01. The fourth-order valence-electron chi connectivity index (χ4n) is 5.00. The molecule has 2 fully saturated rings. The quantitative estimate of drug-likeness (QED) is 0.342. The van der Waals surface area contributed by atoms with Crippen molar-refractivity contribution in [3.05, 3.63) is 21.4 Å². The predicted molar refractivity (Wildman–Crippen MR) is 161 cm³/mol. The maximum absolute atomic E-state index is 13.6. The lowest BCUT2D eigenvalue weighted by Gasteiger charge is -2.39. The van der Waals surface area contributed by atoms with Crippen molar-refractivity contribution in [2.24, 2.45) is 16.6 Å². The number of ether oxygens (including phenoxy) is 2. The number of thiophene rings is 1. The van der Waals surface area contributed by atoms with Gasteiger partial charge in [0.2, 0.25) is 5.91 Å². The molecule has 2 aliphatic heterocycles. The summed E-state index contributed by atoms with van der Waals surface area (Å²) in [5, 5.41) is 2.80. The zero-order valence-corrected chi connectivity index (χ0v) is 25.7. The van der Waals surface area contributed by atoms with E-state index in [0.717, 1.165) is 49.1 Å². The van der Waals surface area contributed by atoms with E-state index in [-0.39, 0.29) is 24.2 Å². The summed E-state index contributed by atoms with van der Waals surface area (Å²) in [5.74, 6) is 0.834. The minimum Gasteiger partial charge on any atom is -0.446 e. The van der Waals surface area contributed by atoms with Gasteiger partial charge in [-0.1, -0.05) is 6.92 Å². The third kappa shape index (κ3) is 8.95. The number of nitrogens with one attached hydrogen (secondary N) is 1. The first kappa shape index (κ1) is 30.9. The third-order valence-corrected chi connectivity index (χ3v) is 8.53. The van der Waals surface area contributed by atoms with Crippen molar-refractivity contribution in [1.29, 1.82) is 0 Å². The lowest BCUT2D eigenvalue weighted by molar-refractivity contribution is -0.127. The number of amidine groups is 1. The summed E-state index contributed by atoms with van der Waals surface area (Å²) in [6, 6.07) is 2.07. The van der Waals surface area contributed by atoms with Gasteiger partial charge in [-0.2, -0.15) is 0 Å². The highest BCUT2D eigenvalue weighted by Gasteiger charge is 2.33. The zero-order chi connectivity index (χ0) is 29.6. The summed E-state index contributed by atoms with van der Waals surface area (Å²) >= 11 is 1.65. The molecule has 3 heterocycles. The molecule has 1 saturated heterocycles. The summed E-state index contributed by atoms with van der Waals surface area (Å²) in [7, 11) is 0. The van der Waals surface area contributed by atoms with Gasteiger partial charge in [-0.05, 0) is 83.8 Å². The van der Waals surface area contributed by atoms with Gasteiger partial charge in [0.05, 0.1) is 10.6 Å². The fraction of sp³-hybridized carbons (Fsp3) is 0.667. The minimum absolute atomic E-state index is 0.0402. The Bertz CT molecular complexity index is 1160. The third-order valence-electron chi connectivity index (χ3n) is 7.40. The minimum atomic E-state index is -0.484. The van der Waals surface area contributed by atoms with Crippen LogP contribution in [-0.2, 0) is 20.7 Å². The highest BCUT2D eigenvalue weighted by atomic mass is 32.1. The van der Waals surface area contributed by atoms with Crippen LogP contribution in [0.1, 0.15) is 82.4 Å². The van der Waals surface area contributed by atoms with E-state index in [4.69, 9.17) is 15.2 Å². The smallest absolute Gasteiger partial charge is 0.410 e. The van der Waals surface area contributed by atoms with Gasteiger partial charge in [-0.25, -0.2) is 14.6 Å². The van der Waals surface area contributed by atoms with Crippen LogP contribution in [-0.4, -0.2) is 78.2 Å². The first-order valence-corrected chi connectivity index (χ1v) is 15.7. The van der Waals surface area contributed by atoms with Gasteiger partial charge < -0.3 is 30.3 Å². The zero-order valence-electron chi connectivity index (χ0n) is 24.9. The molecule has 3 amide bonds. The van der Waals surface area contributed by atoms with Crippen molar-refractivity contribution in [3.63, 3.8) is 0 Å². The molecule has 0 spiro atoms. The second kappa shape index (κ2) is 13.7. The van der Waals surface area contributed by atoms with Gasteiger partial charge in [0, 0.05) is 49.6 Å². The maximum Gasteiger partial charge on any atom is 0.410 e. The van der Waals surface area contributed by atoms with Crippen LogP contribution < -0.4 is 11.1 Å². The van der Waals surface area contributed by atoms with Crippen molar-refractivity contribution in [2.75, 3.05) is 32.7 Å². The number of carbonyl (C=O) groups is 3. The van der Waals surface area contributed by atoms with E-state index in [1.165, 1.54) is 4.88 Å². The normalized spacial score (nSPS) is 17.3. The first-order valence-electron chi connectivity index (χ1n) is 14.9. The van der Waals surface area contributed by atoms with E-state index in [1.807, 2.05) is 38.7 Å². The van der Waals surface area contributed by atoms with Gasteiger partial charge in [-0.3, -0.25) is 4.79 Å². The number of nitrogens with zero attached hydrogens (tertiary/aromatic N) is 3. The van der Waals surface area contributed by atoms with Crippen LogP contribution in [0.2, 0.25) is 0 Å². The molecule has 11 heteroatoms. The summed E-state index contributed by atoms with van der Waals surface area (Å²) in [5.41, 5.74) is 7.21. The summed E-state index contributed by atoms with van der Waals surface area (Å²) in [4.78, 5) is 48.0. The Morgan fingerprint density at radius 2 is 1.98 bits per heavy atom. The topological polar surface area (TPSA) is 127 Å². The molecular formula is C30H45N5O5S. The van der Waals surface area contributed by atoms with Gasteiger partial charge in [0.15, 0.2) is 0 Å². The number of aliphatic imine (C=N–C) groups is 1. The largest absolute Gasteiger partial charge is 0.446 e. The Kier molecular flexibility index (Phi) is 10.3. The van der Waals surface area contributed by atoms with E-state index >= 15 is 0 Å². The molecule has 0 bridgehead atoms. The summed E-state index contributed by atoms with van der Waals surface area (Å²) in [6.45, 7) is 10.7. The number of rotatable bonds is 11. The molecular weight excluding hydrogens is 542 g/mol. The number of hydrogen-bond acceptors (Lipinski definition) is 8. The average molecular weight is 588 g/mol. The molecule has 41 heavy (non-hydrogen) atoms. The molecule has 0 unspecified atom stereocenters. The Balaban J connectivity index is 1.29. The molecule has 4 rings (SSSR count). The van der Waals surface area contributed by atoms with Crippen LogP contribution in [0.3, 0.4) is 0 Å². The second-order valence-electron chi connectivity index (χ2n) is 12.2. The number of alkyl carbamates (subject to hydrolysis) is 1. The van der Waals surface area contributed by atoms with Crippen LogP contribution in [0.25, 0.3) is 6.08 Å². The monoisotopic (exact) mass is 587 g/mol. The predicted octanol–water partition coefficient (Wildman–Crippen LogP) is 5.23. The summed E-state index contributed by atoms with van der Waals surface area (Å²) < 4.78 is 10.8. The average Bonchev–Trinajstić information content (AvgIpc) is 3.13. The molecule has 1 aromatic rings. The van der Waals surface area contributed by atoms with Crippen LogP contribution in [0.5, 0.6) is 0 Å². The van der Waals surface area contributed by atoms with E-state index in [9.17, 15) is 14.4 Å². The molecule has 1 aromatic heterocycles. The Labute approximate surface area is 247 Å². The molecule has 0 atom stereocenters. The molecule has 3 aliphatic rings. The van der Waals surface area contributed by atoms with Crippen molar-refractivity contribution in [3.8, 4) is 0 Å². The Hall–Kier alpha value is -3.08. The van der Waals surface area contributed by atoms with E-state index in [0.29, 0.717) is 62.9 Å². The highest BCUT2D eigenvalue weighted by molar-refractivity contribution is 7.13. The molecule has 3 N–H and O–H groups in total. The van der Waals surface area contributed by atoms with Crippen molar-refractivity contribution >= 4 is 47.0 Å². The number of nitrogens with two attached hydrogens (primary N) is 1. The Morgan fingerprint density at radius 1 is 1.22 bits per heavy atom. The Morgan fingerprint density at radius 3 is 2.63 bits per heavy atom. The van der Waals surface area contributed by atoms with E-state index in [1.54, 1.807) is 16.2 Å².